The van der Waals surface area contributed by atoms with Crippen molar-refractivity contribution < 1.29 is 14.3 Å². The van der Waals surface area contributed by atoms with E-state index >= 15 is 0 Å². The van der Waals surface area contributed by atoms with Gasteiger partial charge in [-0.05, 0) is 24.1 Å². The van der Waals surface area contributed by atoms with Crippen LogP contribution in [0, 0.1) is 0 Å². The van der Waals surface area contributed by atoms with Gasteiger partial charge in [0.15, 0.2) is 22.7 Å². The monoisotopic (exact) mass is 434 g/mol. The first-order valence-electron chi connectivity index (χ1n) is 9.94. The van der Waals surface area contributed by atoms with Crippen LogP contribution in [-0.2, 0) is 17.8 Å². The molecule has 2 heterocycles. The van der Waals surface area contributed by atoms with Gasteiger partial charge < -0.3 is 14.8 Å². The molecule has 4 rings (SSSR count). The van der Waals surface area contributed by atoms with Gasteiger partial charge in [-0.15, -0.1) is 5.10 Å². The van der Waals surface area contributed by atoms with E-state index in [1.165, 1.54) is 22.7 Å². The van der Waals surface area contributed by atoms with Crippen LogP contribution in [0.15, 0.2) is 59.7 Å². The molecule has 10 heteroatoms. The van der Waals surface area contributed by atoms with Crippen molar-refractivity contribution in [1.82, 2.24) is 29.9 Å². The fraction of sp³-hybridized carbons (Fsp3) is 0.227. The maximum Gasteiger partial charge on any atom is 0.284 e. The highest BCUT2D eigenvalue weighted by Crippen LogP contribution is 2.29. The quantitative estimate of drug-likeness (QED) is 0.445. The topological polar surface area (TPSA) is 113 Å². The number of hydrogen-bond acceptors (Lipinski definition) is 7. The van der Waals surface area contributed by atoms with Crippen molar-refractivity contribution in [3.63, 3.8) is 0 Å². The molecule has 0 aliphatic heterocycles. The summed E-state index contributed by atoms with van der Waals surface area (Å²) >= 11 is 0. The van der Waals surface area contributed by atoms with Crippen LogP contribution < -0.4 is 20.3 Å². The number of benzene rings is 2. The lowest BCUT2D eigenvalue weighted by Gasteiger charge is -2.09. The molecule has 1 N–H and O–H groups in total. The van der Waals surface area contributed by atoms with Crippen molar-refractivity contribution in [2.75, 3.05) is 20.8 Å². The number of aromatic nitrogens is 5. The van der Waals surface area contributed by atoms with Crippen molar-refractivity contribution in [3.05, 3.63) is 70.8 Å². The average Bonchev–Trinajstić information content (AvgIpc) is 3.26. The van der Waals surface area contributed by atoms with Crippen LogP contribution in [0.3, 0.4) is 0 Å². The number of rotatable bonds is 8. The summed E-state index contributed by atoms with van der Waals surface area (Å²) in [6.07, 6.45) is 2.03. The molecular weight excluding hydrogens is 412 g/mol. The Bertz CT molecular complexity index is 1300. The predicted octanol–water partition coefficient (Wildman–Crippen LogP) is 1.35. The zero-order valence-electron chi connectivity index (χ0n) is 17.7. The Morgan fingerprint density at radius 3 is 2.59 bits per heavy atom. The van der Waals surface area contributed by atoms with E-state index in [9.17, 15) is 9.59 Å². The maximum absolute atomic E-state index is 12.8. The number of hydrogen-bond donors (Lipinski definition) is 1. The second-order valence-corrected chi connectivity index (χ2v) is 6.98. The van der Waals surface area contributed by atoms with Crippen LogP contribution >= 0.6 is 0 Å². The van der Waals surface area contributed by atoms with Gasteiger partial charge in [0.1, 0.15) is 12.9 Å². The highest BCUT2D eigenvalue weighted by atomic mass is 16.5. The molecule has 0 spiro atoms. The zero-order chi connectivity index (χ0) is 22.5. The number of nitrogens with one attached hydrogen (secondary N) is 1. The third kappa shape index (κ3) is 4.29. The number of carbonyl (C=O) groups excluding carboxylic acids is 1. The van der Waals surface area contributed by atoms with Gasteiger partial charge in [0, 0.05) is 12.6 Å². The molecule has 0 radical (unpaired) electrons. The number of fused-ring (bicyclic) bond motifs is 1. The largest absolute Gasteiger partial charge is 0.493 e. The predicted molar refractivity (Wildman–Crippen MR) is 117 cm³/mol. The van der Waals surface area contributed by atoms with Crippen molar-refractivity contribution in [2.45, 2.75) is 13.0 Å². The number of carbonyl (C=O) groups is 1. The molecule has 0 unspecified atom stereocenters. The fourth-order valence-corrected chi connectivity index (χ4v) is 3.29. The maximum atomic E-state index is 12.8. The standard InChI is InChI=1S/C22H22N6O4/c1-31-17-9-8-16(12-18(17)32-2)28-21-20(25-26-28)22(30)27(14-24-21)13-19(29)23-11-10-15-6-4-3-5-7-15/h3-9,12,14H,10-11,13H2,1-2H3,(H,23,29). The molecule has 164 valence electrons. The van der Waals surface area contributed by atoms with Gasteiger partial charge in [-0.1, -0.05) is 35.5 Å². The normalized spacial score (nSPS) is 10.8. The summed E-state index contributed by atoms with van der Waals surface area (Å²) in [7, 11) is 3.08. The van der Waals surface area contributed by atoms with Gasteiger partial charge in [0.05, 0.1) is 19.9 Å². The van der Waals surface area contributed by atoms with Gasteiger partial charge in [0.25, 0.3) is 5.56 Å². The van der Waals surface area contributed by atoms with E-state index in [0.29, 0.717) is 30.2 Å². The molecule has 1 amide bonds. The smallest absolute Gasteiger partial charge is 0.284 e. The van der Waals surface area contributed by atoms with Crippen LogP contribution in [0.5, 0.6) is 11.5 Å². The Morgan fingerprint density at radius 2 is 1.84 bits per heavy atom. The summed E-state index contributed by atoms with van der Waals surface area (Å²) in [5.74, 6) is 0.792. The van der Waals surface area contributed by atoms with Crippen molar-refractivity contribution >= 4 is 17.1 Å². The fourth-order valence-electron chi connectivity index (χ4n) is 3.29. The third-order valence-electron chi connectivity index (χ3n) is 4.93. The summed E-state index contributed by atoms with van der Waals surface area (Å²) in [6, 6.07) is 15.0. The van der Waals surface area contributed by atoms with Gasteiger partial charge in [-0.2, -0.15) is 4.68 Å². The molecule has 0 aliphatic rings. The first-order valence-corrected chi connectivity index (χ1v) is 9.94. The molecule has 0 saturated heterocycles. The minimum absolute atomic E-state index is 0.0689. The Hall–Kier alpha value is -4.21. The number of nitrogens with zero attached hydrogens (tertiary/aromatic N) is 5. The lowest BCUT2D eigenvalue weighted by atomic mass is 10.1. The minimum atomic E-state index is -0.445. The second kappa shape index (κ2) is 9.29. The van der Waals surface area contributed by atoms with E-state index in [4.69, 9.17) is 9.47 Å². The second-order valence-electron chi connectivity index (χ2n) is 6.98. The molecule has 2 aromatic heterocycles. The molecule has 0 aliphatic carbocycles. The SMILES string of the molecule is COc1ccc(-n2nnc3c(=O)n(CC(=O)NCCc4ccccc4)cnc32)cc1OC. The number of amides is 1. The molecule has 32 heavy (non-hydrogen) atoms. The Morgan fingerprint density at radius 1 is 1.06 bits per heavy atom. The summed E-state index contributed by atoms with van der Waals surface area (Å²) in [5, 5.41) is 10.8. The van der Waals surface area contributed by atoms with Crippen LogP contribution in [0.4, 0.5) is 0 Å². The molecule has 0 atom stereocenters. The first kappa shape index (κ1) is 21.0. The van der Waals surface area contributed by atoms with E-state index in [1.807, 2.05) is 30.3 Å². The zero-order valence-corrected chi connectivity index (χ0v) is 17.7. The van der Waals surface area contributed by atoms with Gasteiger partial charge in [-0.3, -0.25) is 14.2 Å². The Kier molecular flexibility index (Phi) is 6.11. The first-order chi connectivity index (χ1) is 15.6. The van der Waals surface area contributed by atoms with Gasteiger partial charge in [-0.25, -0.2) is 4.98 Å². The lowest BCUT2D eigenvalue weighted by molar-refractivity contribution is -0.121. The van der Waals surface area contributed by atoms with Crippen LogP contribution in [-0.4, -0.2) is 51.2 Å². The molecule has 10 nitrogen and oxygen atoms in total. The molecule has 0 fully saturated rings. The number of ether oxygens (including phenoxy) is 2. The Labute approximate surface area is 183 Å². The van der Waals surface area contributed by atoms with E-state index in [0.717, 1.165) is 5.56 Å². The van der Waals surface area contributed by atoms with E-state index in [2.05, 4.69) is 20.6 Å². The molecule has 2 aromatic carbocycles. The highest BCUT2D eigenvalue weighted by molar-refractivity contribution is 5.76. The minimum Gasteiger partial charge on any atom is -0.493 e. The van der Waals surface area contributed by atoms with E-state index in [1.54, 1.807) is 25.3 Å². The summed E-state index contributed by atoms with van der Waals surface area (Å²) in [4.78, 5) is 29.4. The third-order valence-corrected chi connectivity index (χ3v) is 4.93. The van der Waals surface area contributed by atoms with E-state index in [-0.39, 0.29) is 23.6 Å². The average molecular weight is 434 g/mol. The Balaban J connectivity index is 1.50. The van der Waals surface area contributed by atoms with Crippen molar-refractivity contribution in [2.24, 2.45) is 0 Å². The highest BCUT2D eigenvalue weighted by Gasteiger charge is 2.16. The van der Waals surface area contributed by atoms with E-state index < -0.39 is 5.56 Å². The molecule has 0 bridgehead atoms. The summed E-state index contributed by atoms with van der Waals surface area (Å²) < 4.78 is 13.2. The molecule has 4 aromatic rings. The van der Waals surface area contributed by atoms with Crippen LogP contribution in [0.25, 0.3) is 16.9 Å². The number of methoxy groups -OCH3 is 2. The molecule has 0 saturated carbocycles. The lowest BCUT2D eigenvalue weighted by Crippen LogP contribution is -2.33. The molecular formula is C22H22N6O4. The van der Waals surface area contributed by atoms with Crippen molar-refractivity contribution in [3.8, 4) is 17.2 Å². The summed E-state index contributed by atoms with van der Waals surface area (Å²) in [6.45, 7) is 0.322. The van der Waals surface area contributed by atoms with Gasteiger partial charge in [0.2, 0.25) is 5.91 Å². The van der Waals surface area contributed by atoms with Crippen LogP contribution in [0.1, 0.15) is 5.56 Å². The van der Waals surface area contributed by atoms with Gasteiger partial charge >= 0.3 is 0 Å². The summed E-state index contributed by atoms with van der Waals surface area (Å²) in [5.41, 5.74) is 1.63. The van der Waals surface area contributed by atoms with Crippen LogP contribution in [0.2, 0.25) is 0 Å². The van der Waals surface area contributed by atoms with Crippen molar-refractivity contribution in [1.29, 1.82) is 0 Å².